The molecular formula is C15H22FNO. The summed E-state index contributed by atoms with van der Waals surface area (Å²) < 4.78 is 19.0. The van der Waals surface area contributed by atoms with Crippen LogP contribution in [-0.2, 0) is 0 Å². The normalized spacial score (nSPS) is 23.9. The minimum Gasteiger partial charge on any atom is -0.491 e. The van der Waals surface area contributed by atoms with Crippen molar-refractivity contribution in [2.24, 2.45) is 0 Å². The lowest BCUT2D eigenvalue weighted by Gasteiger charge is -2.28. The van der Waals surface area contributed by atoms with Gasteiger partial charge in [0.2, 0.25) is 0 Å². The van der Waals surface area contributed by atoms with Gasteiger partial charge in [-0.05, 0) is 63.3 Å². The molecule has 18 heavy (non-hydrogen) atoms. The van der Waals surface area contributed by atoms with E-state index < -0.39 is 0 Å². The van der Waals surface area contributed by atoms with Crippen LogP contribution in [0.4, 0.5) is 4.39 Å². The number of rotatable bonds is 4. The third kappa shape index (κ3) is 3.02. The summed E-state index contributed by atoms with van der Waals surface area (Å²) in [6.45, 7) is 2.37. The molecule has 1 aliphatic carbocycles. The summed E-state index contributed by atoms with van der Waals surface area (Å²) in [5, 5.41) is 3.32. The molecule has 1 fully saturated rings. The van der Waals surface area contributed by atoms with E-state index in [1.165, 1.54) is 12.8 Å². The van der Waals surface area contributed by atoms with Gasteiger partial charge >= 0.3 is 0 Å². The molecule has 1 saturated carbocycles. The molecule has 2 rings (SSSR count). The Balaban J connectivity index is 2.03. The monoisotopic (exact) mass is 251 g/mol. The van der Waals surface area contributed by atoms with Crippen LogP contribution in [0.25, 0.3) is 0 Å². The van der Waals surface area contributed by atoms with E-state index in [0.717, 1.165) is 18.4 Å². The number of hydrogen-bond acceptors (Lipinski definition) is 2. The first kappa shape index (κ1) is 13.3. The van der Waals surface area contributed by atoms with Crippen LogP contribution in [0.15, 0.2) is 18.2 Å². The van der Waals surface area contributed by atoms with Crippen molar-refractivity contribution in [2.75, 3.05) is 13.7 Å². The molecule has 1 N–H and O–H groups in total. The Morgan fingerprint density at radius 2 is 2.00 bits per heavy atom. The average Bonchev–Trinajstić information content (AvgIpc) is 2.41. The molecule has 1 aromatic carbocycles. The quantitative estimate of drug-likeness (QED) is 0.884. The SMILES string of the molecule is CCOc1ccc(C2CCC(NC)CC2)cc1F. The topological polar surface area (TPSA) is 21.3 Å². The van der Waals surface area contributed by atoms with Gasteiger partial charge in [-0.25, -0.2) is 4.39 Å². The third-order valence-electron chi connectivity index (χ3n) is 3.86. The number of halogens is 1. The maximum absolute atomic E-state index is 13.8. The Bertz CT molecular complexity index is 386. The Hall–Kier alpha value is -1.09. The second-order valence-corrected chi connectivity index (χ2v) is 4.96. The van der Waals surface area contributed by atoms with Crippen LogP contribution in [0, 0.1) is 5.82 Å². The van der Waals surface area contributed by atoms with E-state index in [-0.39, 0.29) is 5.82 Å². The molecular weight excluding hydrogens is 229 g/mol. The molecule has 2 nitrogen and oxygen atoms in total. The fourth-order valence-electron chi connectivity index (χ4n) is 2.76. The van der Waals surface area contributed by atoms with Crippen LogP contribution in [0.1, 0.15) is 44.1 Å². The molecule has 1 aliphatic rings. The van der Waals surface area contributed by atoms with Gasteiger partial charge in [0.1, 0.15) is 0 Å². The van der Waals surface area contributed by atoms with Crippen LogP contribution < -0.4 is 10.1 Å². The van der Waals surface area contributed by atoms with Crippen molar-refractivity contribution < 1.29 is 9.13 Å². The maximum Gasteiger partial charge on any atom is 0.165 e. The van der Waals surface area contributed by atoms with Gasteiger partial charge in [-0.2, -0.15) is 0 Å². The van der Waals surface area contributed by atoms with Gasteiger partial charge in [0, 0.05) is 6.04 Å². The highest BCUT2D eigenvalue weighted by Crippen LogP contribution is 2.34. The van der Waals surface area contributed by atoms with Crippen LogP contribution in [0.3, 0.4) is 0 Å². The zero-order valence-electron chi connectivity index (χ0n) is 11.2. The first-order valence-corrected chi connectivity index (χ1v) is 6.84. The van der Waals surface area contributed by atoms with Crippen molar-refractivity contribution in [3.8, 4) is 5.75 Å². The van der Waals surface area contributed by atoms with Gasteiger partial charge in [-0.15, -0.1) is 0 Å². The Kier molecular flexibility index (Phi) is 4.59. The van der Waals surface area contributed by atoms with Crippen molar-refractivity contribution in [2.45, 2.75) is 44.6 Å². The van der Waals surface area contributed by atoms with E-state index in [0.29, 0.717) is 24.3 Å². The highest BCUT2D eigenvalue weighted by Gasteiger charge is 2.22. The zero-order chi connectivity index (χ0) is 13.0. The fourth-order valence-corrected chi connectivity index (χ4v) is 2.76. The lowest BCUT2D eigenvalue weighted by molar-refractivity contribution is 0.320. The second-order valence-electron chi connectivity index (χ2n) is 4.96. The number of nitrogens with one attached hydrogen (secondary N) is 1. The summed E-state index contributed by atoms with van der Waals surface area (Å²) in [6, 6.07) is 6.06. The summed E-state index contributed by atoms with van der Waals surface area (Å²) in [6.07, 6.45) is 4.63. The molecule has 0 saturated heterocycles. The minimum absolute atomic E-state index is 0.231. The average molecular weight is 251 g/mol. The van der Waals surface area contributed by atoms with E-state index in [1.807, 2.05) is 20.0 Å². The molecule has 0 amide bonds. The number of ether oxygens (including phenoxy) is 1. The van der Waals surface area contributed by atoms with Gasteiger partial charge in [-0.3, -0.25) is 0 Å². The summed E-state index contributed by atoms with van der Waals surface area (Å²) in [7, 11) is 2.02. The molecule has 100 valence electrons. The molecule has 1 aromatic rings. The van der Waals surface area contributed by atoms with Crippen LogP contribution in [0.5, 0.6) is 5.75 Å². The smallest absolute Gasteiger partial charge is 0.165 e. The maximum atomic E-state index is 13.8. The van der Waals surface area contributed by atoms with Crippen molar-refractivity contribution in [1.29, 1.82) is 0 Å². The van der Waals surface area contributed by atoms with Gasteiger partial charge < -0.3 is 10.1 Å². The second kappa shape index (κ2) is 6.19. The molecule has 0 heterocycles. The highest BCUT2D eigenvalue weighted by atomic mass is 19.1. The number of benzene rings is 1. The van der Waals surface area contributed by atoms with Gasteiger partial charge in [0.25, 0.3) is 0 Å². The lowest BCUT2D eigenvalue weighted by Crippen LogP contribution is -2.29. The lowest BCUT2D eigenvalue weighted by atomic mass is 9.82. The van der Waals surface area contributed by atoms with E-state index in [9.17, 15) is 4.39 Å². The van der Waals surface area contributed by atoms with Crippen LogP contribution in [0.2, 0.25) is 0 Å². The summed E-state index contributed by atoms with van der Waals surface area (Å²) in [5.74, 6) is 0.634. The third-order valence-corrected chi connectivity index (χ3v) is 3.86. The molecule has 0 unspecified atom stereocenters. The number of hydrogen-bond donors (Lipinski definition) is 1. The molecule has 0 aliphatic heterocycles. The van der Waals surface area contributed by atoms with E-state index in [1.54, 1.807) is 12.1 Å². The Labute approximate surface area is 109 Å². The molecule has 0 spiro atoms. The van der Waals surface area contributed by atoms with Crippen molar-refractivity contribution >= 4 is 0 Å². The molecule has 0 radical (unpaired) electrons. The molecule has 0 aromatic heterocycles. The van der Waals surface area contributed by atoms with Crippen LogP contribution in [-0.4, -0.2) is 19.7 Å². The zero-order valence-corrected chi connectivity index (χ0v) is 11.2. The van der Waals surface area contributed by atoms with Crippen molar-refractivity contribution in [3.05, 3.63) is 29.6 Å². The summed E-state index contributed by atoms with van der Waals surface area (Å²) in [5.41, 5.74) is 1.12. The van der Waals surface area contributed by atoms with E-state index >= 15 is 0 Å². The minimum atomic E-state index is -0.231. The Morgan fingerprint density at radius 1 is 1.28 bits per heavy atom. The predicted molar refractivity (Wildman–Crippen MR) is 71.6 cm³/mol. The highest BCUT2D eigenvalue weighted by molar-refractivity contribution is 5.31. The molecule has 0 atom stereocenters. The first-order valence-electron chi connectivity index (χ1n) is 6.84. The standard InChI is InChI=1S/C15H22FNO/c1-3-18-15-9-6-12(10-14(15)16)11-4-7-13(17-2)8-5-11/h6,9-11,13,17H,3-5,7-8H2,1-2H3. The van der Waals surface area contributed by atoms with E-state index in [4.69, 9.17) is 4.74 Å². The van der Waals surface area contributed by atoms with Gasteiger partial charge in [0.05, 0.1) is 6.61 Å². The van der Waals surface area contributed by atoms with Crippen molar-refractivity contribution in [1.82, 2.24) is 5.32 Å². The first-order chi connectivity index (χ1) is 8.74. The van der Waals surface area contributed by atoms with Gasteiger partial charge in [-0.1, -0.05) is 6.07 Å². The van der Waals surface area contributed by atoms with Crippen LogP contribution >= 0.6 is 0 Å². The van der Waals surface area contributed by atoms with Gasteiger partial charge in [0.15, 0.2) is 11.6 Å². The fraction of sp³-hybridized carbons (Fsp3) is 0.600. The van der Waals surface area contributed by atoms with E-state index in [2.05, 4.69) is 5.32 Å². The Morgan fingerprint density at radius 3 is 2.56 bits per heavy atom. The largest absolute Gasteiger partial charge is 0.491 e. The molecule has 0 bridgehead atoms. The molecule has 3 heteroatoms. The summed E-state index contributed by atoms with van der Waals surface area (Å²) >= 11 is 0. The van der Waals surface area contributed by atoms with Crippen molar-refractivity contribution in [3.63, 3.8) is 0 Å². The predicted octanol–water partition coefficient (Wildman–Crippen LogP) is 3.47. The summed E-state index contributed by atoms with van der Waals surface area (Å²) in [4.78, 5) is 0.